The number of benzene rings is 2. The van der Waals surface area contributed by atoms with Crippen LogP contribution in [0, 0.1) is 0 Å². The summed E-state index contributed by atoms with van der Waals surface area (Å²) in [5.74, 6) is 1.53. The molecule has 0 aliphatic heterocycles. The molecular weight excluding hydrogens is 396 g/mol. The van der Waals surface area contributed by atoms with Gasteiger partial charge in [0.25, 0.3) is 5.91 Å². The molecule has 168 valence electrons. The molecular formula is C24H32N2O5. The van der Waals surface area contributed by atoms with Crippen LogP contribution >= 0.6 is 0 Å². The Balaban J connectivity index is 2.18. The van der Waals surface area contributed by atoms with E-state index in [9.17, 15) is 9.59 Å². The first-order valence-corrected chi connectivity index (χ1v) is 10.5. The second-order valence-electron chi connectivity index (χ2n) is 7.05. The first kappa shape index (κ1) is 24.1. The molecule has 1 N–H and O–H groups in total. The van der Waals surface area contributed by atoms with Crippen molar-refractivity contribution in [3.05, 3.63) is 54.1 Å². The van der Waals surface area contributed by atoms with Crippen LogP contribution in [0.2, 0.25) is 0 Å². The second kappa shape index (κ2) is 12.5. The topological polar surface area (TPSA) is 77.1 Å². The van der Waals surface area contributed by atoms with Gasteiger partial charge in [0.1, 0.15) is 23.3 Å². The monoisotopic (exact) mass is 428 g/mol. The zero-order valence-corrected chi connectivity index (χ0v) is 18.7. The Morgan fingerprint density at radius 3 is 2.26 bits per heavy atom. The summed E-state index contributed by atoms with van der Waals surface area (Å²) in [6.07, 6.45) is 1.32. The molecule has 2 rings (SSSR count). The lowest BCUT2D eigenvalue weighted by Gasteiger charge is -2.30. The predicted octanol–water partition coefficient (Wildman–Crippen LogP) is 3.42. The van der Waals surface area contributed by atoms with Gasteiger partial charge in [-0.05, 0) is 54.8 Å². The summed E-state index contributed by atoms with van der Waals surface area (Å²) in [7, 11) is 3.18. The molecule has 2 aromatic carbocycles. The molecule has 7 nitrogen and oxygen atoms in total. The van der Waals surface area contributed by atoms with E-state index in [-0.39, 0.29) is 25.0 Å². The highest BCUT2D eigenvalue weighted by Gasteiger charge is 2.28. The molecule has 0 unspecified atom stereocenters. The third kappa shape index (κ3) is 7.20. The first-order valence-electron chi connectivity index (χ1n) is 10.5. The number of carbonyl (C=O) groups excluding carboxylic acids is 2. The number of hydrogen-bond acceptors (Lipinski definition) is 5. The van der Waals surface area contributed by atoms with Crippen LogP contribution in [0.3, 0.4) is 0 Å². The molecule has 2 amide bonds. The molecule has 0 aromatic heterocycles. The van der Waals surface area contributed by atoms with Crippen molar-refractivity contribution in [3.63, 3.8) is 0 Å². The van der Waals surface area contributed by atoms with Gasteiger partial charge in [-0.15, -0.1) is 0 Å². The Bertz CT molecular complexity index is 838. The summed E-state index contributed by atoms with van der Waals surface area (Å²) in [6, 6.07) is 13.9. The van der Waals surface area contributed by atoms with Crippen molar-refractivity contribution in [2.24, 2.45) is 0 Å². The molecule has 31 heavy (non-hydrogen) atoms. The van der Waals surface area contributed by atoms with Crippen molar-refractivity contribution in [1.82, 2.24) is 10.2 Å². The van der Waals surface area contributed by atoms with E-state index in [1.54, 1.807) is 43.4 Å². The van der Waals surface area contributed by atoms with Crippen molar-refractivity contribution < 1.29 is 23.8 Å². The van der Waals surface area contributed by atoms with Gasteiger partial charge in [-0.2, -0.15) is 0 Å². The van der Waals surface area contributed by atoms with Crippen LogP contribution in [0.1, 0.15) is 32.3 Å². The van der Waals surface area contributed by atoms with E-state index in [2.05, 4.69) is 5.32 Å². The highest BCUT2D eigenvalue weighted by atomic mass is 16.5. The van der Waals surface area contributed by atoms with Crippen LogP contribution in [0.15, 0.2) is 48.5 Å². The molecule has 1 atom stereocenters. The van der Waals surface area contributed by atoms with Gasteiger partial charge < -0.3 is 24.4 Å². The predicted molar refractivity (Wildman–Crippen MR) is 119 cm³/mol. The van der Waals surface area contributed by atoms with Gasteiger partial charge in [-0.3, -0.25) is 9.59 Å². The van der Waals surface area contributed by atoms with Crippen molar-refractivity contribution in [2.45, 2.75) is 39.3 Å². The number of nitrogens with one attached hydrogen (secondary N) is 1. The molecule has 0 saturated heterocycles. The third-order valence-corrected chi connectivity index (χ3v) is 4.84. The summed E-state index contributed by atoms with van der Waals surface area (Å²) in [6.45, 7) is 4.56. The minimum Gasteiger partial charge on any atom is -0.497 e. The standard InChI is InChI=1S/C24H32N2O5/c1-5-14-25-24(28)22(6-2)26(16-18-8-7-9-21(15-18)30-4)23(27)17-31-20-12-10-19(29-3)11-13-20/h7-13,15,22H,5-6,14,16-17H2,1-4H3,(H,25,28)/t22-/m1/s1. The minimum atomic E-state index is -0.593. The lowest BCUT2D eigenvalue weighted by molar-refractivity contribution is -0.143. The van der Waals surface area contributed by atoms with Gasteiger partial charge in [0, 0.05) is 13.1 Å². The third-order valence-electron chi connectivity index (χ3n) is 4.84. The van der Waals surface area contributed by atoms with Crippen molar-refractivity contribution in [1.29, 1.82) is 0 Å². The maximum absolute atomic E-state index is 13.1. The van der Waals surface area contributed by atoms with Gasteiger partial charge in [0.05, 0.1) is 14.2 Å². The van der Waals surface area contributed by atoms with Gasteiger partial charge in [-0.25, -0.2) is 0 Å². The summed E-state index contributed by atoms with van der Waals surface area (Å²) in [4.78, 5) is 27.5. The SMILES string of the molecule is CCCNC(=O)[C@@H](CC)N(Cc1cccc(OC)c1)C(=O)COc1ccc(OC)cc1. The lowest BCUT2D eigenvalue weighted by Crippen LogP contribution is -2.50. The molecule has 0 aliphatic carbocycles. The van der Waals surface area contributed by atoms with Crippen LogP contribution in [0.25, 0.3) is 0 Å². The lowest BCUT2D eigenvalue weighted by atomic mass is 10.1. The van der Waals surface area contributed by atoms with E-state index >= 15 is 0 Å². The van der Waals surface area contributed by atoms with Crippen LogP contribution in [0.5, 0.6) is 17.2 Å². The maximum Gasteiger partial charge on any atom is 0.261 e. The van der Waals surface area contributed by atoms with Gasteiger partial charge in [-0.1, -0.05) is 26.0 Å². The Morgan fingerprint density at radius 1 is 0.968 bits per heavy atom. The fourth-order valence-electron chi connectivity index (χ4n) is 3.15. The Morgan fingerprint density at radius 2 is 1.65 bits per heavy atom. The zero-order chi connectivity index (χ0) is 22.6. The van der Waals surface area contributed by atoms with E-state index in [4.69, 9.17) is 14.2 Å². The molecule has 2 aromatic rings. The van der Waals surface area contributed by atoms with Gasteiger partial charge >= 0.3 is 0 Å². The van der Waals surface area contributed by atoms with E-state index in [1.165, 1.54) is 0 Å². The number of nitrogens with zero attached hydrogens (tertiary/aromatic N) is 1. The highest BCUT2D eigenvalue weighted by Crippen LogP contribution is 2.19. The van der Waals surface area contributed by atoms with Crippen molar-refractivity contribution >= 4 is 11.8 Å². The first-order chi connectivity index (χ1) is 15.0. The molecule has 0 heterocycles. The van der Waals surface area contributed by atoms with E-state index in [0.717, 1.165) is 12.0 Å². The molecule has 0 bridgehead atoms. The van der Waals surface area contributed by atoms with Crippen molar-refractivity contribution in [3.8, 4) is 17.2 Å². The number of amides is 2. The number of hydrogen-bond donors (Lipinski definition) is 1. The Kier molecular flexibility index (Phi) is 9.68. The maximum atomic E-state index is 13.1. The smallest absolute Gasteiger partial charge is 0.261 e. The second-order valence-corrected chi connectivity index (χ2v) is 7.05. The average Bonchev–Trinajstić information content (AvgIpc) is 2.81. The quantitative estimate of drug-likeness (QED) is 0.561. The minimum absolute atomic E-state index is 0.162. The molecule has 0 aliphatic rings. The Hall–Kier alpha value is -3.22. The molecule has 0 fully saturated rings. The van der Waals surface area contributed by atoms with Crippen LogP contribution < -0.4 is 19.5 Å². The fourth-order valence-corrected chi connectivity index (χ4v) is 3.15. The number of rotatable bonds is 12. The largest absolute Gasteiger partial charge is 0.497 e. The number of ether oxygens (including phenoxy) is 3. The Labute approximate surface area is 184 Å². The highest BCUT2D eigenvalue weighted by molar-refractivity contribution is 5.88. The molecule has 7 heteroatoms. The zero-order valence-electron chi connectivity index (χ0n) is 18.7. The normalized spacial score (nSPS) is 11.4. The molecule has 0 radical (unpaired) electrons. The van der Waals surface area contributed by atoms with E-state index < -0.39 is 6.04 Å². The average molecular weight is 429 g/mol. The fraction of sp³-hybridized carbons (Fsp3) is 0.417. The number of methoxy groups -OCH3 is 2. The van der Waals surface area contributed by atoms with E-state index in [0.29, 0.717) is 30.2 Å². The summed E-state index contributed by atoms with van der Waals surface area (Å²) in [5.41, 5.74) is 0.874. The van der Waals surface area contributed by atoms with Crippen LogP contribution in [-0.2, 0) is 16.1 Å². The molecule has 0 saturated carbocycles. The summed E-state index contributed by atoms with van der Waals surface area (Å²) < 4.78 is 16.1. The summed E-state index contributed by atoms with van der Waals surface area (Å²) >= 11 is 0. The van der Waals surface area contributed by atoms with Gasteiger partial charge in [0.2, 0.25) is 5.91 Å². The molecule has 0 spiro atoms. The van der Waals surface area contributed by atoms with Crippen LogP contribution in [-0.4, -0.2) is 50.1 Å². The van der Waals surface area contributed by atoms with E-state index in [1.807, 2.05) is 38.1 Å². The number of carbonyl (C=O) groups is 2. The van der Waals surface area contributed by atoms with Crippen molar-refractivity contribution in [2.75, 3.05) is 27.4 Å². The van der Waals surface area contributed by atoms with Gasteiger partial charge in [0.15, 0.2) is 6.61 Å². The summed E-state index contributed by atoms with van der Waals surface area (Å²) in [5, 5.41) is 2.90. The van der Waals surface area contributed by atoms with Crippen LogP contribution in [0.4, 0.5) is 0 Å².